The number of carbonyl (C=O) groups excluding carboxylic acids is 1. The summed E-state index contributed by atoms with van der Waals surface area (Å²) < 4.78 is 5.27. The van der Waals surface area contributed by atoms with Crippen LogP contribution in [0.5, 0.6) is 0 Å². The molecule has 1 atom stereocenters. The lowest BCUT2D eigenvalue weighted by Gasteiger charge is -2.18. The third kappa shape index (κ3) is 3.51. The first-order valence-electron chi connectivity index (χ1n) is 7.42. The van der Waals surface area contributed by atoms with Gasteiger partial charge in [0.2, 0.25) is 5.91 Å². The van der Waals surface area contributed by atoms with E-state index in [4.69, 9.17) is 4.74 Å². The maximum Gasteiger partial charge on any atom is 0.227 e. The molecule has 2 fully saturated rings. The molecule has 4 nitrogen and oxygen atoms in total. The van der Waals surface area contributed by atoms with Crippen molar-refractivity contribution < 1.29 is 9.53 Å². The third-order valence-corrected chi connectivity index (χ3v) is 3.99. The second kappa shape index (κ2) is 5.83. The van der Waals surface area contributed by atoms with Gasteiger partial charge < -0.3 is 15.4 Å². The van der Waals surface area contributed by atoms with Crippen LogP contribution in [-0.2, 0) is 9.53 Å². The molecule has 1 unspecified atom stereocenters. The van der Waals surface area contributed by atoms with Gasteiger partial charge in [-0.05, 0) is 55.9 Å². The second-order valence-corrected chi connectivity index (χ2v) is 5.88. The summed E-state index contributed by atoms with van der Waals surface area (Å²) in [5.74, 6) is 1.14. The van der Waals surface area contributed by atoms with Crippen molar-refractivity contribution >= 4 is 17.3 Å². The number of ether oxygens (including phenoxy) is 1. The lowest BCUT2D eigenvalue weighted by molar-refractivity contribution is -0.117. The van der Waals surface area contributed by atoms with Crippen molar-refractivity contribution in [3.05, 3.63) is 24.3 Å². The zero-order valence-corrected chi connectivity index (χ0v) is 11.9. The standard InChI is InChI=1S/C16H22N2O2/c1-20-10-15(11-2-3-11)17-13-6-8-14(9-7-13)18-16(19)12-4-5-12/h6-9,11-12,15,17H,2-5,10H2,1H3,(H,18,19). The smallest absolute Gasteiger partial charge is 0.227 e. The van der Waals surface area contributed by atoms with Crippen LogP contribution in [0.4, 0.5) is 11.4 Å². The van der Waals surface area contributed by atoms with Crippen molar-refractivity contribution in [2.45, 2.75) is 31.7 Å². The average molecular weight is 274 g/mol. The molecule has 2 N–H and O–H groups in total. The summed E-state index contributed by atoms with van der Waals surface area (Å²) in [5, 5.41) is 6.47. The number of benzene rings is 1. The number of rotatable bonds is 7. The number of nitrogens with one attached hydrogen (secondary N) is 2. The molecule has 0 aliphatic heterocycles. The molecular weight excluding hydrogens is 252 g/mol. The maximum absolute atomic E-state index is 11.7. The molecule has 0 bridgehead atoms. The zero-order chi connectivity index (χ0) is 13.9. The first kappa shape index (κ1) is 13.4. The Balaban J connectivity index is 1.55. The van der Waals surface area contributed by atoms with E-state index >= 15 is 0 Å². The monoisotopic (exact) mass is 274 g/mol. The van der Waals surface area contributed by atoms with Crippen molar-refractivity contribution in [3.63, 3.8) is 0 Å². The normalized spacial score (nSPS) is 19.4. The van der Waals surface area contributed by atoms with Gasteiger partial charge >= 0.3 is 0 Å². The van der Waals surface area contributed by atoms with Crippen molar-refractivity contribution in [3.8, 4) is 0 Å². The van der Waals surface area contributed by atoms with Crippen LogP contribution < -0.4 is 10.6 Å². The quantitative estimate of drug-likeness (QED) is 0.804. The summed E-state index contributed by atoms with van der Waals surface area (Å²) in [6, 6.07) is 8.35. The van der Waals surface area contributed by atoms with E-state index in [0.29, 0.717) is 6.04 Å². The molecular formula is C16H22N2O2. The van der Waals surface area contributed by atoms with E-state index in [9.17, 15) is 4.79 Å². The summed E-state index contributed by atoms with van der Waals surface area (Å²) >= 11 is 0. The first-order chi connectivity index (χ1) is 9.76. The van der Waals surface area contributed by atoms with Crippen molar-refractivity contribution in [1.29, 1.82) is 0 Å². The molecule has 2 aliphatic rings. The van der Waals surface area contributed by atoms with E-state index in [2.05, 4.69) is 10.6 Å². The molecule has 1 amide bonds. The molecule has 1 aromatic carbocycles. The Hall–Kier alpha value is -1.55. The summed E-state index contributed by atoms with van der Waals surface area (Å²) in [7, 11) is 1.74. The summed E-state index contributed by atoms with van der Waals surface area (Å²) in [5.41, 5.74) is 1.96. The van der Waals surface area contributed by atoms with Crippen molar-refractivity contribution in [2.24, 2.45) is 11.8 Å². The van der Waals surface area contributed by atoms with Gasteiger partial charge in [-0.2, -0.15) is 0 Å². The fourth-order valence-corrected chi connectivity index (χ4v) is 2.43. The fourth-order valence-electron chi connectivity index (χ4n) is 2.43. The molecule has 4 heteroatoms. The number of carbonyl (C=O) groups is 1. The van der Waals surface area contributed by atoms with Crippen LogP contribution in [0.15, 0.2) is 24.3 Å². The summed E-state index contributed by atoms with van der Waals surface area (Å²) in [4.78, 5) is 11.7. The van der Waals surface area contributed by atoms with E-state index in [1.165, 1.54) is 12.8 Å². The van der Waals surface area contributed by atoms with E-state index in [1.807, 2.05) is 24.3 Å². The van der Waals surface area contributed by atoms with Gasteiger partial charge in [-0.3, -0.25) is 4.79 Å². The van der Waals surface area contributed by atoms with Crippen LogP contribution in [0, 0.1) is 11.8 Å². The molecule has 20 heavy (non-hydrogen) atoms. The Labute approximate surface area is 119 Å². The molecule has 0 saturated heterocycles. The predicted molar refractivity (Wildman–Crippen MR) is 79.8 cm³/mol. The van der Waals surface area contributed by atoms with Crippen LogP contribution in [0.3, 0.4) is 0 Å². The molecule has 2 saturated carbocycles. The van der Waals surface area contributed by atoms with E-state index in [0.717, 1.165) is 36.7 Å². The van der Waals surface area contributed by atoms with Gasteiger partial charge in [0, 0.05) is 24.4 Å². The Kier molecular flexibility index (Phi) is 3.92. The van der Waals surface area contributed by atoms with Gasteiger partial charge in [0.25, 0.3) is 0 Å². The van der Waals surface area contributed by atoms with Crippen molar-refractivity contribution in [1.82, 2.24) is 0 Å². The number of hydrogen-bond acceptors (Lipinski definition) is 3. The van der Waals surface area contributed by atoms with Gasteiger partial charge in [0.15, 0.2) is 0 Å². The second-order valence-electron chi connectivity index (χ2n) is 5.88. The molecule has 0 heterocycles. The first-order valence-corrected chi connectivity index (χ1v) is 7.42. The lowest BCUT2D eigenvalue weighted by atomic mass is 10.2. The largest absolute Gasteiger partial charge is 0.383 e. The third-order valence-electron chi connectivity index (χ3n) is 3.99. The Morgan fingerprint density at radius 2 is 1.85 bits per heavy atom. The van der Waals surface area contributed by atoms with Crippen LogP contribution in [0.25, 0.3) is 0 Å². The van der Waals surface area contributed by atoms with Gasteiger partial charge in [-0.15, -0.1) is 0 Å². The Morgan fingerprint density at radius 1 is 1.20 bits per heavy atom. The lowest BCUT2D eigenvalue weighted by Crippen LogP contribution is -2.27. The topological polar surface area (TPSA) is 50.4 Å². The average Bonchev–Trinajstić information content (AvgIpc) is 3.31. The van der Waals surface area contributed by atoms with Crippen LogP contribution in [-0.4, -0.2) is 25.7 Å². The minimum atomic E-state index is 0.154. The molecule has 108 valence electrons. The number of hydrogen-bond donors (Lipinski definition) is 2. The molecule has 0 spiro atoms. The van der Waals surface area contributed by atoms with E-state index in [1.54, 1.807) is 7.11 Å². The van der Waals surface area contributed by atoms with Crippen molar-refractivity contribution in [2.75, 3.05) is 24.4 Å². The molecule has 0 radical (unpaired) electrons. The van der Waals surface area contributed by atoms with Gasteiger partial charge in [0.05, 0.1) is 12.6 Å². The highest BCUT2D eigenvalue weighted by atomic mass is 16.5. The van der Waals surface area contributed by atoms with Crippen LogP contribution in [0.1, 0.15) is 25.7 Å². The molecule has 1 aromatic rings. The highest BCUT2D eigenvalue weighted by molar-refractivity contribution is 5.94. The highest BCUT2D eigenvalue weighted by Gasteiger charge is 2.31. The van der Waals surface area contributed by atoms with Gasteiger partial charge in [-0.1, -0.05) is 0 Å². The SMILES string of the molecule is COCC(Nc1ccc(NC(=O)C2CC2)cc1)C1CC1. The number of amides is 1. The van der Waals surface area contributed by atoms with Gasteiger partial charge in [0.1, 0.15) is 0 Å². The molecule has 2 aliphatic carbocycles. The minimum absolute atomic E-state index is 0.154. The molecule has 3 rings (SSSR count). The predicted octanol–water partition coefficient (Wildman–Crippen LogP) is 2.87. The Morgan fingerprint density at radius 3 is 2.40 bits per heavy atom. The fraction of sp³-hybridized carbons (Fsp3) is 0.562. The Bertz CT molecular complexity index is 464. The van der Waals surface area contributed by atoms with Crippen LogP contribution >= 0.6 is 0 Å². The molecule has 0 aromatic heterocycles. The summed E-state index contributed by atoms with van der Waals surface area (Å²) in [6.07, 6.45) is 4.64. The number of methoxy groups -OCH3 is 1. The van der Waals surface area contributed by atoms with E-state index in [-0.39, 0.29) is 11.8 Å². The number of anilines is 2. The highest BCUT2D eigenvalue weighted by Crippen LogP contribution is 2.34. The summed E-state index contributed by atoms with van der Waals surface area (Å²) in [6.45, 7) is 0.741. The maximum atomic E-state index is 11.7. The zero-order valence-electron chi connectivity index (χ0n) is 11.9. The minimum Gasteiger partial charge on any atom is -0.383 e. The van der Waals surface area contributed by atoms with E-state index < -0.39 is 0 Å². The van der Waals surface area contributed by atoms with Crippen LogP contribution in [0.2, 0.25) is 0 Å². The van der Waals surface area contributed by atoms with Gasteiger partial charge in [-0.25, -0.2) is 0 Å².